The highest BCUT2D eigenvalue weighted by Crippen LogP contribution is 2.11. The number of esters is 2. The zero-order valence-electron chi connectivity index (χ0n) is 37.5. The minimum Gasteiger partial charge on any atom is -0.481 e. The van der Waals surface area contributed by atoms with E-state index in [0.29, 0.717) is 37.7 Å². The van der Waals surface area contributed by atoms with Gasteiger partial charge in [0.05, 0.1) is 4.90 Å². The zero-order valence-corrected chi connectivity index (χ0v) is 38.3. The van der Waals surface area contributed by atoms with Crippen molar-refractivity contribution in [1.82, 2.24) is 10.6 Å². The highest BCUT2D eigenvalue weighted by Gasteiger charge is 2.22. The molecule has 16 nitrogen and oxygen atoms in total. The van der Waals surface area contributed by atoms with E-state index in [1.165, 1.54) is 26.0 Å². The van der Waals surface area contributed by atoms with Crippen LogP contribution in [0.1, 0.15) is 128 Å². The van der Waals surface area contributed by atoms with Crippen LogP contribution in [0.2, 0.25) is 0 Å². The summed E-state index contributed by atoms with van der Waals surface area (Å²) in [5.74, 6) is -2.06. The quantitative estimate of drug-likeness (QED) is 0.0579. The number of hydrogen-bond acceptors (Lipinski definition) is 11. The Morgan fingerprint density at radius 2 is 0.909 bits per heavy atom. The molecule has 0 saturated heterocycles. The minimum atomic E-state index is -4.02. The number of nitrogens with one attached hydrogen (secondary N) is 2. The van der Waals surface area contributed by atoms with Crippen LogP contribution < -0.4 is 16.4 Å². The summed E-state index contributed by atoms with van der Waals surface area (Å²) in [5, 5.41) is 21.1. The molecule has 0 aliphatic carbocycles. The van der Waals surface area contributed by atoms with Gasteiger partial charge in [-0.2, -0.15) is 8.42 Å². The lowest BCUT2D eigenvalue weighted by atomic mass is 10.0. The molecular formula is C49H83N3O13S. The number of nitrogens with two attached hydrogens (primary N) is 1. The van der Waals surface area contributed by atoms with Crippen molar-refractivity contribution in [3.05, 3.63) is 102 Å². The molecule has 17 heteroatoms. The van der Waals surface area contributed by atoms with Crippen LogP contribution in [0.15, 0.2) is 89.8 Å². The molecule has 0 aliphatic rings. The standard InChI is InChI=1S/C15H21NO3.C13H19NO2.C8H15NO3.C7H8O3S.C2H4O2.4CH4/c1-11(2)9-14(16-12(3)17)15(18)19-10-13-7-5-4-6-8-13;1-10(2)8-12(14)13(15)16-9-11-6-4-3-5-7-11;1-5(2)4-7(8(11)12)9-6(3)10;1-6-2-4-7(5-3-6)11(8,9)10;1-2(3)4;;;;/h4-8,11,14H,9-10H2,1-3H3,(H,16,17);3-7,10,12H,8-9,14H2,1-2H3;5,7H,4H2,1-3H3,(H,9,10)(H,11,12);2-5H,1H3,(H,8,9,10);1H3,(H,3,4);4*1H4/t14-;12-;7-;;;;;;/m000....../s1. The molecule has 0 unspecified atom stereocenters. The van der Waals surface area contributed by atoms with Crippen molar-refractivity contribution in [2.45, 2.75) is 154 Å². The fourth-order valence-electron chi connectivity index (χ4n) is 4.85. The minimum absolute atomic E-state index is 0. The van der Waals surface area contributed by atoms with E-state index in [2.05, 4.69) is 10.6 Å². The van der Waals surface area contributed by atoms with E-state index in [0.717, 1.165) is 23.6 Å². The number of carbonyl (C=O) groups is 6. The largest absolute Gasteiger partial charge is 0.481 e. The van der Waals surface area contributed by atoms with Crippen molar-refractivity contribution in [3.8, 4) is 0 Å². The number of aryl methyl sites for hydroxylation is 1. The Morgan fingerprint density at radius 1 is 0.576 bits per heavy atom. The fraction of sp³-hybridized carbons (Fsp3) is 0.510. The Labute approximate surface area is 396 Å². The average molecular weight is 954 g/mol. The van der Waals surface area contributed by atoms with Crippen LogP contribution in [0.25, 0.3) is 0 Å². The van der Waals surface area contributed by atoms with Crippen LogP contribution in [0.4, 0.5) is 0 Å². The molecule has 2 amide bonds. The van der Waals surface area contributed by atoms with Crippen LogP contribution in [-0.2, 0) is 61.6 Å². The monoisotopic (exact) mass is 954 g/mol. The van der Waals surface area contributed by atoms with Gasteiger partial charge in [0.15, 0.2) is 0 Å². The second-order valence-electron chi connectivity index (χ2n) is 15.3. The third-order valence-corrected chi connectivity index (χ3v) is 8.41. The Hall–Kier alpha value is -5.65. The third-order valence-electron chi connectivity index (χ3n) is 7.55. The summed E-state index contributed by atoms with van der Waals surface area (Å²) in [6.07, 6.45) is 1.70. The number of benzene rings is 3. The van der Waals surface area contributed by atoms with Gasteiger partial charge in [-0.05, 0) is 67.2 Å². The lowest BCUT2D eigenvalue weighted by Gasteiger charge is -2.18. The van der Waals surface area contributed by atoms with Crippen LogP contribution in [0.3, 0.4) is 0 Å². The van der Waals surface area contributed by atoms with Crippen molar-refractivity contribution in [1.29, 1.82) is 0 Å². The SMILES string of the molecule is C.C.C.C.CC(=O)N[C@@H](CC(C)C)C(=O)O.CC(=O)N[C@@H](CC(C)C)C(=O)OCc1ccccc1.CC(=O)O.CC(C)C[C@H](N)C(=O)OCc1ccccc1.Cc1ccc(S(=O)(=O)O)cc1. The van der Waals surface area contributed by atoms with Crippen LogP contribution in [0, 0.1) is 24.7 Å². The fourth-order valence-corrected chi connectivity index (χ4v) is 5.33. The van der Waals surface area contributed by atoms with E-state index in [4.69, 9.17) is 34.8 Å². The first-order chi connectivity index (χ1) is 28.7. The number of amides is 2. The molecule has 3 rings (SSSR count). The number of carbonyl (C=O) groups excluding carboxylic acids is 4. The number of rotatable bonds is 16. The molecule has 0 aromatic heterocycles. The van der Waals surface area contributed by atoms with Crippen LogP contribution in [0.5, 0.6) is 0 Å². The summed E-state index contributed by atoms with van der Waals surface area (Å²) in [6, 6.07) is 23.2. The van der Waals surface area contributed by atoms with Gasteiger partial charge >= 0.3 is 17.9 Å². The molecule has 7 N–H and O–H groups in total. The molecule has 3 aromatic rings. The van der Waals surface area contributed by atoms with E-state index in [1.54, 1.807) is 12.1 Å². The second-order valence-corrected chi connectivity index (χ2v) is 16.8. The topological polar surface area (TPSA) is 266 Å². The van der Waals surface area contributed by atoms with E-state index < -0.39 is 40.2 Å². The van der Waals surface area contributed by atoms with Gasteiger partial charge in [0, 0.05) is 20.8 Å². The first-order valence-electron chi connectivity index (χ1n) is 19.9. The van der Waals surface area contributed by atoms with Gasteiger partial charge in [0.2, 0.25) is 11.8 Å². The number of carboxylic acids is 2. The molecule has 378 valence electrons. The van der Waals surface area contributed by atoms with Crippen molar-refractivity contribution in [2.24, 2.45) is 23.5 Å². The maximum Gasteiger partial charge on any atom is 0.328 e. The number of aliphatic carboxylic acids is 2. The molecule has 0 aliphatic heterocycles. The molecule has 0 saturated carbocycles. The van der Waals surface area contributed by atoms with Crippen LogP contribution in [-0.4, -0.2) is 77.0 Å². The lowest BCUT2D eigenvalue weighted by molar-refractivity contribution is -0.149. The highest BCUT2D eigenvalue weighted by atomic mass is 32.2. The van der Waals surface area contributed by atoms with E-state index >= 15 is 0 Å². The molecule has 0 radical (unpaired) electrons. The summed E-state index contributed by atoms with van der Waals surface area (Å²) in [7, 11) is -4.02. The molecule has 3 aromatic carbocycles. The first kappa shape index (κ1) is 72.0. The molecule has 3 atom stereocenters. The second kappa shape index (κ2) is 39.7. The normalized spacial score (nSPS) is 11.1. The summed E-state index contributed by atoms with van der Waals surface area (Å²) in [4.78, 5) is 64.6. The van der Waals surface area contributed by atoms with Crippen LogP contribution >= 0.6 is 0 Å². The number of ether oxygens (including phenoxy) is 2. The maximum atomic E-state index is 12.0. The highest BCUT2D eigenvalue weighted by molar-refractivity contribution is 7.85. The van der Waals surface area contributed by atoms with Crippen molar-refractivity contribution >= 4 is 45.8 Å². The van der Waals surface area contributed by atoms with Gasteiger partial charge in [0.25, 0.3) is 16.1 Å². The number of hydrogen-bond donors (Lipinski definition) is 6. The molecule has 0 fully saturated rings. The summed E-state index contributed by atoms with van der Waals surface area (Å²) in [5.41, 5.74) is 8.58. The van der Waals surface area contributed by atoms with Crippen molar-refractivity contribution in [3.63, 3.8) is 0 Å². The van der Waals surface area contributed by atoms with E-state index in [1.807, 2.05) is 109 Å². The molecule has 0 bridgehead atoms. The molecule has 0 spiro atoms. The smallest absolute Gasteiger partial charge is 0.328 e. The first-order valence-corrected chi connectivity index (χ1v) is 21.4. The molecule has 66 heavy (non-hydrogen) atoms. The predicted molar refractivity (Wildman–Crippen MR) is 263 cm³/mol. The van der Waals surface area contributed by atoms with E-state index in [9.17, 15) is 32.4 Å². The molecule has 0 heterocycles. The van der Waals surface area contributed by atoms with Gasteiger partial charge in [-0.3, -0.25) is 23.7 Å². The summed E-state index contributed by atoms with van der Waals surface area (Å²) < 4.78 is 39.9. The van der Waals surface area contributed by atoms with Gasteiger partial charge in [-0.25, -0.2) is 9.59 Å². The Kier molecular flexibility index (Phi) is 43.3. The zero-order chi connectivity index (χ0) is 48.0. The van der Waals surface area contributed by atoms with Gasteiger partial charge in [-0.1, -0.05) is 150 Å². The summed E-state index contributed by atoms with van der Waals surface area (Å²) in [6.45, 7) is 18.1. The Bertz CT molecular complexity index is 1870. The van der Waals surface area contributed by atoms with Gasteiger partial charge in [-0.15, -0.1) is 0 Å². The Morgan fingerprint density at radius 3 is 1.23 bits per heavy atom. The van der Waals surface area contributed by atoms with Crippen molar-refractivity contribution < 1.29 is 61.4 Å². The van der Waals surface area contributed by atoms with Gasteiger partial charge < -0.3 is 36.1 Å². The van der Waals surface area contributed by atoms with E-state index in [-0.39, 0.29) is 70.9 Å². The third kappa shape index (κ3) is 41.1. The maximum absolute atomic E-state index is 12.0. The summed E-state index contributed by atoms with van der Waals surface area (Å²) >= 11 is 0. The van der Waals surface area contributed by atoms with Crippen molar-refractivity contribution in [2.75, 3.05) is 0 Å². The average Bonchev–Trinajstić information content (AvgIpc) is 3.15. The predicted octanol–water partition coefficient (Wildman–Crippen LogP) is 8.88. The van der Waals surface area contributed by atoms with Gasteiger partial charge in [0.1, 0.15) is 31.3 Å². The molecular weight excluding hydrogens is 871 g/mol. The lowest BCUT2D eigenvalue weighted by Crippen LogP contribution is -2.41. The number of carboxylic acid groups (broad SMARTS) is 2. The Balaban J connectivity index is -0.000000176.